The Hall–Kier alpha value is -2.19. The van der Waals surface area contributed by atoms with Gasteiger partial charge in [0.1, 0.15) is 11.6 Å². The number of aliphatic hydroxyl groups is 1. The van der Waals surface area contributed by atoms with E-state index >= 15 is 0 Å². The van der Waals surface area contributed by atoms with Crippen LogP contribution >= 0.6 is 0 Å². The van der Waals surface area contributed by atoms with Crippen LogP contribution in [0.25, 0.3) is 0 Å². The van der Waals surface area contributed by atoms with Crippen LogP contribution in [-0.2, 0) is 19.1 Å². The standard InChI is InChI=1S/C23H33N3O5/c1-4-5-6-12-25-13-8-10-23-17(20(29)26(14-15-27)18(23)21(25)30)16-19(28)24(3)11-7-9-22(16,2)31-23/h7-10,16-18,27H,4-6,11-15H2,1-3H3/t16-,17+,18?,22+,23+/m1/s1. The fourth-order valence-electron chi connectivity index (χ4n) is 5.79. The molecule has 8 nitrogen and oxygen atoms in total. The molecule has 1 unspecified atom stereocenters. The topological polar surface area (TPSA) is 90.4 Å². The molecule has 1 spiro atoms. The van der Waals surface area contributed by atoms with Crippen molar-refractivity contribution < 1.29 is 24.2 Å². The molecule has 4 rings (SSSR count). The second-order valence-corrected chi connectivity index (χ2v) is 9.27. The van der Waals surface area contributed by atoms with Gasteiger partial charge in [-0.05, 0) is 13.3 Å². The van der Waals surface area contributed by atoms with Crippen LogP contribution in [0.5, 0.6) is 0 Å². The summed E-state index contributed by atoms with van der Waals surface area (Å²) in [6.45, 7) is 5.24. The Morgan fingerprint density at radius 2 is 1.77 bits per heavy atom. The minimum Gasteiger partial charge on any atom is -0.395 e. The second kappa shape index (κ2) is 8.06. The first-order chi connectivity index (χ1) is 14.8. The van der Waals surface area contributed by atoms with E-state index in [0.29, 0.717) is 19.6 Å². The van der Waals surface area contributed by atoms with Crippen LogP contribution in [0.15, 0.2) is 24.3 Å². The van der Waals surface area contributed by atoms with E-state index in [0.717, 1.165) is 19.3 Å². The fraction of sp³-hybridized carbons (Fsp3) is 0.696. The molecule has 4 aliphatic heterocycles. The van der Waals surface area contributed by atoms with Gasteiger partial charge in [0.15, 0.2) is 0 Å². The molecule has 1 N–H and O–H groups in total. The Labute approximate surface area is 183 Å². The molecule has 2 saturated heterocycles. The van der Waals surface area contributed by atoms with Crippen molar-refractivity contribution in [2.24, 2.45) is 11.8 Å². The number of carbonyl (C=O) groups excluding carboxylic acids is 3. The van der Waals surface area contributed by atoms with Gasteiger partial charge in [0.25, 0.3) is 0 Å². The highest BCUT2D eigenvalue weighted by Crippen LogP contribution is 2.57. The molecular formula is C23H33N3O5. The Morgan fingerprint density at radius 1 is 1.03 bits per heavy atom. The van der Waals surface area contributed by atoms with Crippen LogP contribution in [0, 0.1) is 11.8 Å². The summed E-state index contributed by atoms with van der Waals surface area (Å²) in [6, 6.07) is -0.882. The van der Waals surface area contributed by atoms with Crippen LogP contribution in [0.3, 0.4) is 0 Å². The summed E-state index contributed by atoms with van der Waals surface area (Å²) in [4.78, 5) is 45.5. The maximum Gasteiger partial charge on any atom is 0.249 e. The quantitative estimate of drug-likeness (QED) is 0.490. The number of unbranched alkanes of at least 4 members (excludes halogenated alkanes) is 2. The molecule has 0 bridgehead atoms. The van der Waals surface area contributed by atoms with E-state index in [1.54, 1.807) is 16.8 Å². The number of ether oxygens (including phenoxy) is 1. The number of fused-ring (bicyclic) bond motifs is 2. The number of amides is 3. The van der Waals surface area contributed by atoms with E-state index in [2.05, 4.69) is 6.92 Å². The maximum atomic E-state index is 13.7. The molecule has 5 atom stereocenters. The molecular weight excluding hydrogens is 398 g/mol. The molecule has 0 aromatic heterocycles. The van der Waals surface area contributed by atoms with Crippen LogP contribution < -0.4 is 0 Å². The minimum absolute atomic E-state index is 0.0385. The van der Waals surface area contributed by atoms with Crippen molar-refractivity contribution in [3.8, 4) is 0 Å². The predicted octanol–water partition coefficient (Wildman–Crippen LogP) is 0.566. The zero-order chi connectivity index (χ0) is 22.4. The number of rotatable bonds is 6. The van der Waals surface area contributed by atoms with Gasteiger partial charge in [-0.15, -0.1) is 0 Å². The first-order valence-electron chi connectivity index (χ1n) is 11.3. The maximum absolute atomic E-state index is 13.7. The number of likely N-dealkylation sites (N-methyl/N-ethyl adjacent to an activating group) is 1. The Balaban J connectivity index is 1.79. The van der Waals surface area contributed by atoms with Crippen LogP contribution in [0.1, 0.15) is 33.1 Å². The molecule has 0 aromatic rings. The molecule has 0 aliphatic carbocycles. The van der Waals surface area contributed by atoms with Gasteiger partial charge in [-0.3, -0.25) is 14.4 Å². The van der Waals surface area contributed by atoms with Crippen molar-refractivity contribution in [2.45, 2.75) is 50.4 Å². The van der Waals surface area contributed by atoms with Crippen molar-refractivity contribution in [1.29, 1.82) is 0 Å². The second-order valence-electron chi connectivity index (χ2n) is 9.27. The van der Waals surface area contributed by atoms with Crippen LogP contribution in [0.4, 0.5) is 0 Å². The third-order valence-corrected chi connectivity index (χ3v) is 7.21. The summed E-state index contributed by atoms with van der Waals surface area (Å²) in [5.74, 6) is -2.15. The Bertz CT molecular complexity index is 826. The SMILES string of the molecule is CCCCCN1CC=C[C@]23O[C@@]4(C)C=CCN(C)C(=O)[C@H]4[C@H]2C(=O)N(CCO)C3C1=O. The lowest BCUT2D eigenvalue weighted by Gasteiger charge is -2.37. The van der Waals surface area contributed by atoms with Crippen molar-refractivity contribution >= 4 is 17.7 Å². The van der Waals surface area contributed by atoms with Crippen molar-refractivity contribution in [2.75, 3.05) is 39.8 Å². The van der Waals surface area contributed by atoms with Gasteiger partial charge >= 0.3 is 0 Å². The van der Waals surface area contributed by atoms with Crippen molar-refractivity contribution in [3.05, 3.63) is 24.3 Å². The summed E-state index contributed by atoms with van der Waals surface area (Å²) in [5.41, 5.74) is -2.20. The Kier molecular flexibility index (Phi) is 5.72. The average Bonchev–Trinajstić information content (AvgIpc) is 3.00. The van der Waals surface area contributed by atoms with E-state index < -0.39 is 29.1 Å². The first-order valence-corrected chi connectivity index (χ1v) is 11.3. The molecule has 170 valence electrons. The number of nitrogens with zero attached hydrogens (tertiary/aromatic N) is 3. The lowest BCUT2D eigenvalue weighted by molar-refractivity contribution is -0.152. The van der Waals surface area contributed by atoms with Crippen molar-refractivity contribution in [3.63, 3.8) is 0 Å². The van der Waals surface area contributed by atoms with Gasteiger partial charge in [-0.2, -0.15) is 0 Å². The van der Waals surface area contributed by atoms with Crippen molar-refractivity contribution in [1.82, 2.24) is 14.7 Å². The largest absolute Gasteiger partial charge is 0.395 e. The Morgan fingerprint density at radius 3 is 2.48 bits per heavy atom. The number of aliphatic hydroxyl groups excluding tert-OH is 1. The van der Waals surface area contributed by atoms with E-state index in [4.69, 9.17) is 4.74 Å². The molecule has 0 saturated carbocycles. The monoisotopic (exact) mass is 431 g/mol. The number of likely N-dealkylation sites (tertiary alicyclic amines) is 1. The number of hydrogen-bond donors (Lipinski definition) is 1. The van der Waals surface area contributed by atoms with Gasteiger partial charge in [-0.1, -0.05) is 44.1 Å². The normalized spacial score (nSPS) is 37.1. The lowest BCUT2D eigenvalue weighted by atomic mass is 9.74. The van der Waals surface area contributed by atoms with Gasteiger partial charge in [0.2, 0.25) is 17.7 Å². The van der Waals surface area contributed by atoms with E-state index in [-0.39, 0.29) is 30.9 Å². The molecule has 31 heavy (non-hydrogen) atoms. The highest BCUT2D eigenvalue weighted by atomic mass is 16.5. The van der Waals surface area contributed by atoms with Crippen LogP contribution in [0.2, 0.25) is 0 Å². The molecule has 4 heterocycles. The molecule has 3 amide bonds. The average molecular weight is 432 g/mol. The highest BCUT2D eigenvalue weighted by Gasteiger charge is 2.74. The molecule has 0 radical (unpaired) electrons. The first kappa shape index (κ1) is 22.0. The fourth-order valence-corrected chi connectivity index (χ4v) is 5.79. The smallest absolute Gasteiger partial charge is 0.249 e. The molecule has 2 fully saturated rings. The summed E-state index contributed by atoms with van der Waals surface area (Å²) < 4.78 is 6.63. The summed E-state index contributed by atoms with van der Waals surface area (Å²) in [6.07, 6.45) is 10.5. The zero-order valence-corrected chi connectivity index (χ0v) is 18.6. The number of β-amino-alcohol motifs (C(OH)–C–C–N with tert-alkyl or cyclic N) is 1. The third kappa shape index (κ3) is 3.22. The zero-order valence-electron chi connectivity index (χ0n) is 18.6. The lowest BCUT2D eigenvalue weighted by Crippen LogP contribution is -2.56. The van der Waals surface area contributed by atoms with Gasteiger partial charge < -0.3 is 24.5 Å². The van der Waals surface area contributed by atoms with E-state index in [9.17, 15) is 19.5 Å². The number of hydrogen-bond acceptors (Lipinski definition) is 5. The van der Waals surface area contributed by atoms with E-state index in [1.165, 1.54) is 4.90 Å². The van der Waals surface area contributed by atoms with Gasteiger partial charge in [0, 0.05) is 33.2 Å². The highest BCUT2D eigenvalue weighted by molar-refractivity contribution is 6.00. The number of carbonyl (C=O) groups is 3. The van der Waals surface area contributed by atoms with Crippen LogP contribution in [-0.4, -0.2) is 94.6 Å². The molecule has 8 heteroatoms. The summed E-state index contributed by atoms with van der Waals surface area (Å²) in [5, 5.41) is 9.65. The van der Waals surface area contributed by atoms with E-state index in [1.807, 2.05) is 31.2 Å². The van der Waals surface area contributed by atoms with Gasteiger partial charge in [0.05, 0.1) is 24.0 Å². The molecule has 0 aromatic carbocycles. The minimum atomic E-state index is -1.22. The summed E-state index contributed by atoms with van der Waals surface area (Å²) in [7, 11) is 1.72. The predicted molar refractivity (Wildman–Crippen MR) is 114 cm³/mol. The third-order valence-electron chi connectivity index (χ3n) is 7.21. The van der Waals surface area contributed by atoms with Gasteiger partial charge in [-0.25, -0.2) is 0 Å². The summed E-state index contributed by atoms with van der Waals surface area (Å²) >= 11 is 0. The molecule has 4 aliphatic rings.